The third-order valence-electron chi connectivity index (χ3n) is 3.09. The SMILES string of the molecule is COCC(NC(=O)CCc1cccc(N)c1)C(C)C. The van der Waals surface area contributed by atoms with Crippen molar-refractivity contribution in [3.63, 3.8) is 0 Å². The Bertz CT molecular complexity index is 405. The van der Waals surface area contributed by atoms with Crippen molar-refractivity contribution in [2.24, 2.45) is 5.92 Å². The number of aryl methyl sites for hydroxylation is 1. The van der Waals surface area contributed by atoms with Gasteiger partial charge in [-0.3, -0.25) is 4.79 Å². The van der Waals surface area contributed by atoms with Crippen LogP contribution >= 0.6 is 0 Å². The summed E-state index contributed by atoms with van der Waals surface area (Å²) in [7, 11) is 1.65. The molecule has 0 saturated heterocycles. The van der Waals surface area contributed by atoms with E-state index in [2.05, 4.69) is 19.2 Å². The predicted octanol–water partition coefficient (Wildman–Crippen LogP) is 1.99. The monoisotopic (exact) mass is 264 g/mol. The van der Waals surface area contributed by atoms with Crippen molar-refractivity contribution in [3.05, 3.63) is 29.8 Å². The number of benzene rings is 1. The van der Waals surface area contributed by atoms with E-state index in [1.807, 2.05) is 24.3 Å². The molecule has 0 aliphatic heterocycles. The van der Waals surface area contributed by atoms with Gasteiger partial charge in [-0.25, -0.2) is 0 Å². The number of ether oxygens (including phenoxy) is 1. The second-order valence-electron chi connectivity index (χ2n) is 5.12. The minimum Gasteiger partial charge on any atom is -0.399 e. The van der Waals surface area contributed by atoms with Gasteiger partial charge in [-0.15, -0.1) is 0 Å². The van der Waals surface area contributed by atoms with Gasteiger partial charge in [0.15, 0.2) is 0 Å². The van der Waals surface area contributed by atoms with E-state index in [-0.39, 0.29) is 11.9 Å². The van der Waals surface area contributed by atoms with Gasteiger partial charge in [0.1, 0.15) is 0 Å². The zero-order valence-corrected chi connectivity index (χ0v) is 12.0. The molecule has 0 aliphatic rings. The molecule has 0 bridgehead atoms. The quantitative estimate of drug-likeness (QED) is 0.740. The third kappa shape index (κ3) is 5.75. The summed E-state index contributed by atoms with van der Waals surface area (Å²) in [6.07, 6.45) is 1.17. The van der Waals surface area contributed by atoms with Crippen LogP contribution in [-0.4, -0.2) is 25.7 Å². The van der Waals surface area contributed by atoms with E-state index in [0.29, 0.717) is 25.4 Å². The molecule has 1 rings (SSSR count). The van der Waals surface area contributed by atoms with Gasteiger partial charge in [0.05, 0.1) is 12.6 Å². The molecule has 1 unspecified atom stereocenters. The molecule has 0 spiro atoms. The van der Waals surface area contributed by atoms with Gasteiger partial charge in [0.25, 0.3) is 0 Å². The fourth-order valence-electron chi connectivity index (χ4n) is 1.87. The van der Waals surface area contributed by atoms with Gasteiger partial charge < -0.3 is 15.8 Å². The first-order valence-corrected chi connectivity index (χ1v) is 6.65. The van der Waals surface area contributed by atoms with E-state index >= 15 is 0 Å². The van der Waals surface area contributed by atoms with E-state index in [0.717, 1.165) is 11.3 Å². The van der Waals surface area contributed by atoms with Crippen LogP contribution in [0.5, 0.6) is 0 Å². The Kier molecular flexibility index (Phi) is 6.36. The van der Waals surface area contributed by atoms with Crippen LogP contribution < -0.4 is 11.1 Å². The molecular formula is C15H24N2O2. The largest absolute Gasteiger partial charge is 0.399 e. The smallest absolute Gasteiger partial charge is 0.220 e. The van der Waals surface area contributed by atoms with Gasteiger partial charge in [-0.1, -0.05) is 26.0 Å². The second-order valence-corrected chi connectivity index (χ2v) is 5.12. The van der Waals surface area contributed by atoms with Crippen molar-refractivity contribution < 1.29 is 9.53 Å². The average molecular weight is 264 g/mol. The Morgan fingerprint density at radius 1 is 1.42 bits per heavy atom. The molecule has 1 atom stereocenters. The van der Waals surface area contributed by atoms with Crippen LogP contribution in [0.1, 0.15) is 25.8 Å². The van der Waals surface area contributed by atoms with Gasteiger partial charge in [0, 0.05) is 19.2 Å². The molecule has 0 aromatic heterocycles. The number of rotatable bonds is 7. The number of anilines is 1. The summed E-state index contributed by atoms with van der Waals surface area (Å²) in [4.78, 5) is 11.9. The molecule has 1 aromatic rings. The molecule has 0 aliphatic carbocycles. The van der Waals surface area contributed by atoms with Crippen molar-refractivity contribution in [2.75, 3.05) is 19.5 Å². The molecule has 0 radical (unpaired) electrons. The molecule has 4 nitrogen and oxygen atoms in total. The Morgan fingerprint density at radius 3 is 2.74 bits per heavy atom. The van der Waals surface area contributed by atoms with E-state index in [4.69, 9.17) is 10.5 Å². The summed E-state index contributed by atoms with van der Waals surface area (Å²) >= 11 is 0. The Balaban J connectivity index is 2.42. The summed E-state index contributed by atoms with van der Waals surface area (Å²) < 4.78 is 5.11. The molecule has 4 heteroatoms. The van der Waals surface area contributed by atoms with Crippen LogP contribution in [-0.2, 0) is 16.0 Å². The lowest BCUT2D eigenvalue weighted by atomic mass is 10.0. The molecule has 3 N–H and O–H groups in total. The Labute approximate surface area is 115 Å². The highest BCUT2D eigenvalue weighted by Crippen LogP contribution is 2.09. The number of amides is 1. The summed E-state index contributed by atoms with van der Waals surface area (Å²) in [6, 6.07) is 7.71. The van der Waals surface area contributed by atoms with Crippen LogP contribution in [0.2, 0.25) is 0 Å². The number of nitrogens with one attached hydrogen (secondary N) is 1. The van der Waals surface area contributed by atoms with Crippen LogP contribution in [0.15, 0.2) is 24.3 Å². The van der Waals surface area contributed by atoms with Crippen LogP contribution in [0.25, 0.3) is 0 Å². The first-order chi connectivity index (χ1) is 9.02. The van der Waals surface area contributed by atoms with Crippen LogP contribution in [0.3, 0.4) is 0 Å². The Morgan fingerprint density at radius 2 is 2.16 bits per heavy atom. The molecule has 106 valence electrons. The first-order valence-electron chi connectivity index (χ1n) is 6.65. The average Bonchev–Trinajstić information content (AvgIpc) is 2.36. The minimum absolute atomic E-state index is 0.0539. The highest BCUT2D eigenvalue weighted by Gasteiger charge is 2.15. The normalized spacial score (nSPS) is 12.4. The number of methoxy groups -OCH3 is 1. The van der Waals surface area contributed by atoms with Crippen molar-refractivity contribution >= 4 is 11.6 Å². The minimum atomic E-state index is 0.0539. The highest BCUT2D eigenvalue weighted by molar-refractivity contribution is 5.76. The van der Waals surface area contributed by atoms with E-state index in [1.165, 1.54) is 0 Å². The van der Waals surface area contributed by atoms with Gasteiger partial charge in [0.2, 0.25) is 5.91 Å². The molecule has 0 fully saturated rings. The number of carbonyl (C=O) groups excluding carboxylic acids is 1. The maximum atomic E-state index is 11.9. The predicted molar refractivity (Wildman–Crippen MR) is 77.8 cm³/mol. The molecule has 0 heterocycles. The number of nitrogen functional groups attached to an aromatic ring is 1. The maximum Gasteiger partial charge on any atom is 0.220 e. The second kappa shape index (κ2) is 7.79. The zero-order chi connectivity index (χ0) is 14.3. The standard InChI is InChI=1S/C15H24N2O2/c1-11(2)14(10-19-3)17-15(18)8-7-12-5-4-6-13(16)9-12/h4-6,9,11,14H,7-8,10,16H2,1-3H3,(H,17,18). The highest BCUT2D eigenvalue weighted by atomic mass is 16.5. The number of nitrogens with two attached hydrogens (primary N) is 1. The van der Waals surface area contributed by atoms with E-state index in [1.54, 1.807) is 7.11 Å². The summed E-state index contributed by atoms with van der Waals surface area (Å²) in [5.41, 5.74) is 7.53. The number of hydrogen-bond donors (Lipinski definition) is 2. The van der Waals surface area contributed by atoms with E-state index < -0.39 is 0 Å². The summed E-state index contributed by atoms with van der Waals surface area (Å²) in [6.45, 7) is 4.69. The number of hydrogen-bond acceptors (Lipinski definition) is 3. The molecule has 1 aromatic carbocycles. The van der Waals surface area contributed by atoms with Crippen molar-refractivity contribution in [1.29, 1.82) is 0 Å². The molecule has 0 saturated carbocycles. The lowest BCUT2D eigenvalue weighted by Gasteiger charge is -2.21. The van der Waals surface area contributed by atoms with Gasteiger partial charge >= 0.3 is 0 Å². The zero-order valence-electron chi connectivity index (χ0n) is 12.0. The van der Waals surface area contributed by atoms with Crippen molar-refractivity contribution in [2.45, 2.75) is 32.7 Å². The molecule has 19 heavy (non-hydrogen) atoms. The van der Waals surface area contributed by atoms with Gasteiger partial charge in [-0.05, 0) is 30.0 Å². The van der Waals surface area contributed by atoms with Gasteiger partial charge in [-0.2, -0.15) is 0 Å². The first kappa shape index (κ1) is 15.5. The van der Waals surface area contributed by atoms with Crippen molar-refractivity contribution in [1.82, 2.24) is 5.32 Å². The third-order valence-corrected chi connectivity index (χ3v) is 3.09. The fraction of sp³-hybridized carbons (Fsp3) is 0.533. The summed E-state index contributed by atoms with van der Waals surface area (Å²) in [5.74, 6) is 0.412. The summed E-state index contributed by atoms with van der Waals surface area (Å²) in [5, 5.41) is 3.01. The Hall–Kier alpha value is -1.55. The van der Waals surface area contributed by atoms with E-state index in [9.17, 15) is 4.79 Å². The van der Waals surface area contributed by atoms with Crippen molar-refractivity contribution in [3.8, 4) is 0 Å². The topological polar surface area (TPSA) is 64.3 Å². The maximum absolute atomic E-state index is 11.9. The lowest BCUT2D eigenvalue weighted by molar-refractivity contribution is -0.122. The fourth-order valence-corrected chi connectivity index (χ4v) is 1.87. The number of carbonyl (C=O) groups is 1. The van der Waals surface area contributed by atoms with Crippen LogP contribution in [0.4, 0.5) is 5.69 Å². The molecular weight excluding hydrogens is 240 g/mol. The van der Waals surface area contributed by atoms with Crippen LogP contribution in [0, 0.1) is 5.92 Å². The lowest BCUT2D eigenvalue weighted by Crippen LogP contribution is -2.41. The molecule has 1 amide bonds.